The van der Waals surface area contributed by atoms with Crippen LogP contribution in [0.1, 0.15) is 43.4 Å². The summed E-state index contributed by atoms with van der Waals surface area (Å²) < 4.78 is 0. The van der Waals surface area contributed by atoms with Gasteiger partial charge in [0, 0.05) is 35.4 Å². The third-order valence-corrected chi connectivity index (χ3v) is 6.02. The van der Waals surface area contributed by atoms with E-state index >= 15 is 0 Å². The fraction of sp³-hybridized carbons (Fsp3) is 0.750. The van der Waals surface area contributed by atoms with Crippen LogP contribution in [-0.2, 0) is 12.0 Å². The van der Waals surface area contributed by atoms with E-state index < -0.39 is 0 Å². The molecule has 114 valence electrons. The normalized spacial score (nSPS) is 27.1. The molecule has 0 radical (unpaired) electrons. The molecular formula is C16H27ClN2S. The number of hydrogen-bond donors (Lipinski definition) is 1. The number of nitrogens with zero attached hydrogens (tertiary/aromatic N) is 1. The number of hydrogen-bond acceptors (Lipinski definition) is 3. The number of nitrogens with one attached hydrogen (secondary N) is 1. The van der Waals surface area contributed by atoms with Crippen molar-refractivity contribution in [3.8, 4) is 0 Å². The first-order valence-electron chi connectivity index (χ1n) is 7.57. The highest BCUT2D eigenvalue weighted by Gasteiger charge is 2.32. The lowest BCUT2D eigenvalue weighted by atomic mass is 9.93. The van der Waals surface area contributed by atoms with Gasteiger partial charge in [-0.05, 0) is 42.9 Å². The third-order valence-electron chi connectivity index (χ3n) is 4.52. The number of piperidine rings is 1. The van der Waals surface area contributed by atoms with E-state index in [1.54, 1.807) is 0 Å². The van der Waals surface area contributed by atoms with E-state index in [0.29, 0.717) is 5.41 Å². The lowest BCUT2D eigenvalue weighted by Crippen LogP contribution is -2.43. The quantitative estimate of drug-likeness (QED) is 0.896. The van der Waals surface area contributed by atoms with Crippen molar-refractivity contribution < 1.29 is 0 Å². The highest BCUT2D eigenvalue weighted by atomic mass is 35.5. The van der Waals surface area contributed by atoms with Crippen LogP contribution in [0.5, 0.6) is 0 Å². The van der Waals surface area contributed by atoms with Crippen molar-refractivity contribution in [2.45, 2.75) is 51.6 Å². The second-order valence-corrected chi connectivity index (χ2v) is 8.32. The van der Waals surface area contributed by atoms with Gasteiger partial charge in [-0.25, -0.2) is 0 Å². The summed E-state index contributed by atoms with van der Waals surface area (Å²) in [6, 6.07) is 5.47. The summed E-state index contributed by atoms with van der Waals surface area (Å²) in [7, 11) is 0. The molecule has 2 aliphatic heterocycles. The van der Waals surface area contributed by atoms with Crippen LogP contribution in [0.2, 0.25) is 0 Å². The summed E-state index contributed by atoms with van der Waals surface area (Å²) in [6.45, 7) is 11.9. The van der Waals surface area contributed by atoms with Crippen LogP contribution in [0.15, 0.2) is 12.1 Å². The fourth-order valence-electron chi connectivity index (χ4n) is 3.35. The molecule has 2 saturated heterocycles. The van der Waals surface area contributed by atoms with E-state index in [4.69, 9.17) is 0 Å². The molecule has 0 aliphatic carbocycles. The Balaban J connectivity index is 0.00000147. The first-order chi connectivity index (χ1) is 9.02. The molecule has 0 bridgehead atoms. The van der Waals surface area contributed by atoms with Gasteiger partial charge in [0.2, 0.25) is 0 Å². The highest BCUT2D eigenvalue weighted by Crippen LogP contribution is 2.31. The minimum atomic E-state index is 0. The predicted molar refractivity (Wildman–Crippen MR) is 90.1 cm³/mol. The molecule has 0 aromatic carbocycles. The molecule has 4 heteroatoms. The van der Waals surface area contributed by atoms with Crippen LogP contribution in [0.3, 0.4) is 0 Å². The van der Waals surface area contributed by atoms with Crippen LogP contribution in [0.4, 0.5) is 0 Å². The molecule has 2 atom stereocenters. The minimum absolute atomic E-state index is 0. The molecular weight excluding hydrogens is 288 g/mol. The number of likely N-dealkylation sites (tertiary alicyclic amines) is 1. The molecule has 0 spiro atoms. The van der Waals surface area contributed by atoms with Crippen LogP contribution in [0.25, 0.3) is 0 Å². The van der Waals surface area contributed by atoms with E-state index in [-0.39, 0.29) is 12.4 Å². The molecule has 2 unspecified atom stereocenters. The van der Waals surface area contributed by atoms with Crippen molar-refractivity contribution >= 4 is 23.7 Å². The number of halogens is 1. The molecule has 1 aromatic rings. The zero-order valence-electron chi connectivity index (χ0n) is 12.8. The van der Waals surface area contributed by atoms with Gasteiger partial charge in [0.1, 0.15) is 0 Å². The van der Waals surface area contributed by atoms with Crippen LogP contribution in [-0.4, -0.2) is 30.6 Å². The highest BCUT2D eigenvalue weighted by molar-refractivity contribution is 7.12. The Morgan fingerprint density at radius 1 is 1.30 bits per heavy atom. The zero-order valence-corrected chi connectivity index (χ0v) is 14.4. The van der Waals surface area contributed by atoms with E-state index in [1.165, 1.54) is 42.2 Å². The predicted octanol–water partition coefficient (Wildman–Crippen LogP) is 3.65. The number of fused-ring (bicyclic) bond motifs is 1. The van der Waals surface area contributed by atoms with Crippen LogP contribution >= 0.6 is 23.7 Å². The zero-order chi connectivity index (χ0) is 13.5. The molecule has 2 aliphatic rings. The maximum Gasteiger partial charge on any atom is 0.0328 e. The largest absolute Gasteiger partial charge is 0.314 e. The molecule has 2 fully saturated rings. The lowest BCUT2D eigenvalue weighted by Gasteiger charge is -2.34. The summed E-state index contributed by atoms with van der Waals surface area (Å²) in [5.74, 6) is 0.899. The Labute approximate surface area is 133 Å². The third kappa shape index (κ3) is 3.56. The summed E-state index contributed by atoms with van der Waals surface area (Å²) >= 11 is 2.00. The first kappa shape index (κ1) is 16.3. The van der Waals surface area contributed by atoms with Gasteiger partial charge in [0.15, 0.2) is 0 Å². The first-order valence-corrected chi connectivity index (χ1v) is 8.39. The van der Waals surface area contributed by atoms with E-state index in [0.717, 1.165) is 18.5 Å². The molecule has 3 rings (SSSR count). The summed E-state index contributed by atoms with van der Waals surface area (Å²) in [4.78, 5) is 5.71. The second kappa shape index (κ2) is 6.35. The van der Waals surface area contributed by atoms with Gasteiger partial charge in [-0.2, -0.15) is 0 Å². The summed E-state index contributed by atoms with van der Waals surface area (Å²) in [5, 5.41) is 3.64. The Bertz CT molecular complexity index is 438. The van der Waals surface area contributed by atoms with Crippen LogP contribution in [0, 0.1) is 5.92 Å². The Morgan fingerprint density at radius 3 is 2.80 bits per heavy atom. The lowest BCUT2D eigenvalue weighted by molar-refractivity contribution is 0.157. The van der Waals surface area contributed by atoms with Crippen molar-refractivity contribution in [2.24, 2.45) is 5.92 Å². The van der Waals surface area contributed by atoms with Gasteiger partial charge >= 0.3 is 0 Å². The average Bonchev–Trinajstić information content (AvgIpc) is 2.95. The van der Waals surface area contributed by atoms with Gasteiger partial charge in [-0.3, -0.25) is 4.90 Å². The van der Waals surface area contributed by atoms with Gasteiger partial charge < -0.3 is 5.32 Å². The molecule has 1 N–H and O–H groups in total. The topological polar surface area (TPSA) is 15.3 Å². The molecule has 2 nitrogen and oxygen atoms in total. The molecule has 20 heavy (non-hydrogen) atoms. The number of rotatable bonds is 2. The number of thiophene rings is 1. The van der Waals surface area contributed by atoms with Crippen molar-refractivity contribution in [1.29, 1.82) is 0 Å². The molecule has 1 aromatic heterocycles. The van der Waals surface area contributed by atoms with Crippen molar-refractivity contribution in [1.82, 2.24) is 10.2 Å². The standard InChI is InChI=1S/C16H26N2S.ClH/c1-16(2,3)15-5-4-13(19-15)11-18-9-7-14-12(10-18)6-8-17-14;/h4-5,12,14,17H,6-11H2,1-3H3;1H. The van der Waals surface area contributed by atoms with E-state index in [1.807, 2.05) is 11.3 Å². The second-order valence-electron chi connectivity index (χ2n) is 7.15. The fourth-order valence-corrected chi connectivity index (χ4v) is 4.46. The minimum Gasteiger partial charge on any atom is -0.314 e. The smallest absolute Gasteiger partial charge is 0.0328 e. The Hall–Kier alpha value is -0.0900. The summed E-state index contributed by atoms with van der Waals surface area (Å²) in [6.07, 6.45) is 2.71. The maximum absolute atomic E-state index is 3.64. The van der Waals surface area contributed by atoms with Crippen LogP contribution < -0.4 is 5.32 Å². The molecule has 0 saturated carbocycles. The van der Waals surface area contributed by atoms with Gasteiger partial charge in [0.25, 0.3) is 0 Å². The van der Waals surface area contributed by atoms with E-state index in [9.17, 15) is 0 Å². The average molecular weight is 315 g/mol. The monoisotopic (exact) mass is 314 g/mol. The van der Waals surface area contributed by atoms with Crippen molar-refractivity contribution in [3.05, 3.63) is 21.9 Å². The Kier molecular flexibility index (Phi) is 5.17. The SMILES string of the molecule is CC(C)(C)c1ccc(CN2CCC3NCCC3C2)s1.Cl. The van der Waals surface area contributed by atoms with Gasteiger partial charge in [-0.15, -0.1) is 23.7 Å². The Morgan fingerprint density at radius 2 is 2.10 bits per heavy atom. The maximum atomic E-state index is 3.64. The summed E-state index contributed by atoms with van der Waals surface area (Å²) in [5.41, 5.74) is 0.297. The molecule has 0 amide bonds. The van der Waals surface area contributed by atoms with Crippen molar-refractivity contribution in [2.75, 3.05) is 19.6 Å². The van der Waals surface area contributed by atoms with Gasteiger partial charge in [-0.1, -0.05) is 20.8 Å². The van der Waals surface area contributed by atoms with Crippen molar-refractivity contribution in [3.63, 3.8) is 0 Å². The van der Waals surface area contributed by atoms with E-state index in [2.05, 4.69) is 43.1 Å². The molecule has 3 heterocycles. The van der Waals surface area contributed by atoms with Gasteiger partial charge in [0.05, 0.1) is 0 Å².